The van der Waals surface area contributed by atoms with Gasteiger partial charge in [0.2, 0.25) is 17.7 Å². The van der Waals surface area contributed by atoms with E-state index in [0.29, 0.717) is 80.0 Å². The summed E-state index contributed by atoms with van der Waals surface area (Å²) >= 11 is 0. The van der Waals surface area contributed by atoms with Gasteiger partial charge in [-0.2, -0.15) is 0 Å². The summed E-state index contributed by atoms with van der Waals surface area (Å²) in [5, 5.41) is 8.70. The summed E-state index contributed by atoms with van der Waals surface area (Å²) in [5.41, 5.74) is 16.1. The minimum Gasteiger partial charge on any atom is -0.481 e. The van der Waals surface area contributed by atoms with Crippen molar-refractivity contribution in [3.8, 4) is 5.88 Å². The Balaban J connectivity index is 1.05. The molecule has 13 nitrogen and oxygen atoms in total. The molecule has 13 heteroatoms. The van der Waals surface area contributed by atoms with Gasteiger partial charge in [0.05, 0.1) is 30.5 Å². The molecule has 1 spiro atoms. The fourth-order valence-corrected chi connectivity index (χ4v) is 6.61. The number of pyridine rings is 2. The van der Waals surface area contributed by atoms with E-state index >= 15 is 0 Å². The molecule has 1 aromatic carbocycles. The molecular weight excluding hydrogens is 608 g/mol. The summed E-state index contributed by atoms with van der Waals surface area (Å²) in [5.74, 6) is 1.39. The first kappa shape index (κ1) is 32.5. The van der Waals surface area contributed by atoms with E-state index in [4.69, 9.17) is 21.6 Å². The molecule has 2 amide bonds. The summed E-state index contributed by atoms with van der Waals surface area (Å²) in [6.45, 7) is 3.19. The van der Waals surface area contributed by atoms with Crippen molar-refractivity contribution < 1.29 is 14.3 Å². The molecule has 1 atom stereocenters. The minimum absolute atomic E-state index is 0.00130. The molecule has 5 N–H and O–H groups in total. The van der Waals surface area contributed by atoms with Gasteiger partial charge in [-0.3, -0.25) is 29.8 Å². The predicted octanol–water partition coefficient (Wildman–Crippen LogP) is 2.59. The molecule has 3 aliphatic heterocycles. The normalized spacial score (nSPS) is 20.2. The number of hydrogen-bond acceptors (Lipinski definition) is 9. The molecule has 248 valence electrons. The van der Waals surface area contributed by atoms with E-state index < -0.39 is 5.41 Å². The Labute approximate surface area is 279 Å². The monoisotopic (exact) mass is 648 g/mol. The smallest absolute Gasteiger partial charge is 0.237 e. The number of aromatic nitrogens is 2. The van der Waals surface area contributed by atoms with Crippen molar-refractivity contribution in [3.05, 3.63) is 83.2 Å². The van der Waals surface area contributed by atoms with Gasteiger partial charge in [0.25, 0.3) is 0 Å². The Hall–Kier alpha value is -5.43. The number of methoxy groups -OCH3 is 1. The van der Waals surface area contributed by atoms with Crippen LogP contribution in [0.25, 0.3) is 5.57 Å². The maximum absolute atomic E-state index is 13.9. The summed E-state index contributed by atoms with van der Waals surface area (Å²) < 4.78 is 5.12. The molecule has 2 aromatic heterocycles. The number of likely N-dealkylation sites (tertiary alicyclic amines) is 1. The van der Waals surface area contributed by atoms with Crippen LogP contribution < -0.4 is 21.1 Å². The molecule has 0 unspecified atom stereocenters. The third-order valence-corrected chi connectivity index (χ3v) is 9.39. The Morgan fingerprint density at radius 1 is 1.08 bits per heavy atom. The highest BCUT2D eigenvalue weighted by Crippen LogP contribution is 2.42. The molecular formula is C35H40N10O3. The number of aliphatic imine (C=N–C) groups is 2. The summed E-state index contributed by atoms with van der Waals surface area (Å²) in [7, 11) is 3.17. The van der Waals surface area contributed by atoms with Crippen molar-refractivity contribution in [1.82, 2.24) is 19.8 Å². The van der Waals surface area contributed by atoms with Gasteiger partial charge in [-0.15, -0.1) is 0 Å². The fraction of sp³-hybridized carbons (Fsp3) is 0.343. The molecule has 2 fully saturated rings. The molecule has 0 saturated carbocycles. The number of carbonyl (C=O) groups is 2. The third kappa shape index (κ3) is 6.54. The molecule has 2 saturated heterocycles. The second-order valence-corrected chi connectivity index (χ2v) is 12.3. The maximum Gasteiger partial charge on any atom is 0.237 e. The third-order valence-electron chi connectivity index (χ3n) is 9.39. The van der Waals surface area contributed by atoms with Crippen LogP contribution in [0.5, 0.6) is 5.88 Å². The van der Waals surface area contributed by atoms with Gasteiger partial charge in [0.1, 0.15) is 23.7 Å². The summed E-state index contributed by atoms with van der Waals surface area (Å²) in [4.78, 5) is 49.6. The van der Waals surface area contributed by atoms with Crippen molar-refractivity contribution >= 4 is 46.8 Å². The average molecular weight is 649 g/mol. The van der Waals surface area contributed by atoms with Crippen molar-refractivity contribution in [2.45, 2.75) is 19.3 Å². The lowest BCUT2D eigenvalue weighted by atomic mass is 9.85. The Bertz CT molecular complexity index is 1800. The van der Waals surface area contributed by atoms with Gasteiger partial charge in [0, 0.05) is 56.6 Å². The summed E-state index contributed by atoms with van der Waals surface area (Å²) in [6.07, 6.45) is 7.20. The highest BCUT2D eigenvalue weighted by Gasteiger charge is 2.51. The zero-order valence-corrected chi connectivity index (χ0v) is 27.2. The Kier molecular flexibility index (Phi) is 9.30. The fourth-order valence-electron chi connectivity index (χ4n) is 6.61. The molecule has 3 aliphatic rings. The lowest BCUT2D eigenvalue weighted by Gasteiger charge is -2.29. The topological polar surface area (TPSA) is 179 Å². The number of amidine groups is 1. The molecule has 5 heterocycles. The van der Waals surface area contributed by atoms with Crippen molar-refractivity contribution in [1.29, 1.82) is 5.41 Å². The van der Waals surface area contributed by atoms with Crippen LogP contribution in [0.1, 0.15) is 41.6 Å². The van der Waals surface area contributed by atoms with E-state index in [1.54, 1.807) is 36.2 Å². The first-order valence-electron chi connectivity index (χ1n) is 15.9. The second kappa shape index (κ2) is 13.7. The van der Waals surface area contributed by atoms with Crippen LogP contribution >= 0.6 is 0 Å². The number of nitrogen functional groups attached to an aromatic ring is 1. The van der Waals surface area contributed by atoms with Crippen molar-refractivity contribution in [2.75, 3.05) is 64.1 Å². The van der Waals surface area contributed by atoms with Crippen molar-refractivity contribution in [2.24, 2.45) is 21.1 Å². The highest BCUT2D eigenvalue weighted by molar-refractivity contribution is 6.13. The molecule has 6 rings (SSSR count). The number of benzene rings is 1. The van der Waals surface area contributed by atoms with Gasteiger partial charge in [0.15, 0.2) is 0 Å². The number of ether oxygens (including phenoxy) is 1. The first-order valence-corrected chi connectivity index (χ1v) is 15.9. The second-order valence-electron chi connectivity index (χ2n) is 12.3. The average Bonchev–Trinajstić information content (AvgIpc) is 3.68. The van der Waals surface area contributed by atoms with E-state index in [2.05, 4.69) is 30.9 Å². The number of nitrogens with one attached hydrogen (secondary N) is 1. The predicted molar refractivity (Wildman–Crippen MR) is 187 cm³/mol. The first-order chi connectivity index (χ1) is 23.2. The van der Waals surface area contributed by atoms with E-state index in [-0.39, 0.29) is 24.1 Å². The molecule has 0 aliphatic carbocycles. The zero-order valence-electron chi connectivity index (χ0n) is 27.2. The number of amides is 2. The van der Waals surface area contributed by atoms with E-state index in [9.17, 15) is 9.59 Å². The molecule has 48 heavy (non-hydrogen) atoms. The quantitative estimate of drug-likeness (QED) is 0.234. The number of hydrogen-bond donors (Lipinski definition) is 3. The van der Waals surface area contributed by atoms with E-state index in [1.807, 2.05) is 29.2 Å². The van der Waals surface area contributed by atoms with Crippen LogP contribution in [0.4, 0.5) is 11.5 Å². The van der Waals surface area contributed by atoms with Gasteiger partial charge >= 0.3 is 0 Å². The standard InChI is InChI=1S/C35H40N10O3/c1-39-22-41-33(38)25-5-3-23(4-6-25)24-11-15-44(16-12-24)30(46)20-43-17-13-35(21-43)14-18-45(34(35)47)28-9-8-27(36)32(42-28)31(37)26-7-10-29(48-2)40-19-26/h3-11,19,22,37H,12-18,20-21,36H2,1-2H3,(H2,38,39,41)/t35-/m0/s1. The Morgan fingerprint density at radius 2 is 1.85 bits per heavy atom. The van der Waals surface area contributed by atoms with Gasteiger partial charge in [-0.05, 0) is 55.1 Å². The number of rotatable bonds is 9. The molecule has 0 bridgehead atoms. The van der Waals surface area contributed by atoms with Crippen LogP contribution in [-0.2, 0) is 9.59 Å². The lowest BCUT2D eigenvalue weighted by molar-refractivity contribution is -0.132. The number of carbonyl (C=O) groups excluding carboxylic acids is 2. The minimum atomic E-state index is -0.560. The lowest BCUT2D eigenvalue weighted by Crippen LogP contribution is -2.43. The van der Waals surface area contributed by atoms with Crippen LogP contribution in [0.15, 0.2) is 70.8 Å². The van der Waals surface area contributed by atoms with E-state index in [0.717, 1.165) is 17.5 Å². The molecule has 0 radical (unpaired) electrons. The maximum atomic E-state index is 13.9. The van der Waals surface area contributed by atoms with Gasteiger partial charge in [-0.1, -0.05) is 30.3 Å². The Morgan fingerprint density at radius 3 is 2.54 bits per heavy atom. The summed E-state index contributed by atoms with van der Waals surface area (Å²) in [6, 6.07) is 14.7. The number of nitrogens with two attached hydrogens (primary N) is 2. The largest absolute Gasteiger partial charge is 0.481 e. The van der Waals surface area contributed by atoms with Crippen LogP contribution in [-0.4, -0.2) is 103 Å². The van der Waals surface area contributed by atoms with Gasteiger partial charge in [-0.25, -0.2) is 15.0 Å². The van der Waals surface area contributed by atoms with Crippen LogP contribution in [0.2, 0.25) is 0 Å². The van der Waals surface area contributed by atoms with Crippen LogP contribution in [0, 0.1) is 10.8 Å². The SMILES string of the molecule is CN=CN=C(N)c1ccc(C2=CCN(C(=O)CN3CC[C@]4(CCN(c5ccc(N)c(C(=N)c6ccc(OC)nc6)n5)C4=O)C3)CC2)cc1. The van der Waals surface area contributed by atoms with Crippen molar-refractivity contribution in [3.63, 3.8) is 0 Å². The molecule has 3 aromatic rings. The number of anilines is 2. The zero-order chi connectivity index (χ0) is 33.8. The van der Waals surface area contributed by atoms with Crippen LogP contribution in [0.3, 0.4) is 0 Å². The van der Waals surface area contributed by atoms with E-state index in [1.165, 1.54) is 25.2 Å². The highest BCUT2D eigenvalue weighted by atomic mass is 16.5. The number of nitrogens with zero attached hydrogens (tertiary/aromatic N) is 7. The van der Waals surface area contributed by atoms with Gasteiger partial charge < -0.3 is 21.1 Å².